The van der Waals surface area contributed by atoms with E-state index in [9.17, 15) is 4.79 Å². The first-order chi connectivity index (χ1) is 12.7. The maximum absolute atomic E-state index is 12.5. The molecule has 0 aliphatic carbocycles. The normalized spacial score (nSPS) is 17.8. The second-order valence-corrected chi connectivity index (χ2v) is 7.17. The molecule has 4 rings (SSSR count). The number of rotatable bonds is 4. The number of nitrogens with one attached hydrogen (secondary N) is 1. The van der Waals surface area contributed by atoms with Crippen LogP contribution in [0.2, 0.25) is 0 Å². The maximum atomic E-state index is 12.5. The van der Waals surface area contributed by atoms with Gasteiger partial charge in [-0.2, -0.15) is 0 Å². The van der Waals surface area contributed by atoms with Crippen molar-refractivity contribution in [1.29, 1.82) is 0 Å². The monoisotopic (exact) mass is 354 g/mol. The van der Waals surface area contributed by atoms with Gasteiger partial charge in [-0.3, -0.25) is 14.7 Å². The quantitative estimate of drug-likeness (QED) is 0.913. The van der Waals surface area contributed by atoms with Gasteiger partial charge in [-0.05, 0) is 43.4 Å². The minimum Gasteiger partial charge on any atom is -0.497 e. The van der Waals surface area contributed by atoms with E-state index in [1.807, 2.05) is 12.1 Å². The number of aromatic nitrogens is 2. The molecule has 0 unspecified atom stereocenters. The smallest absolute Gasteiger partial charge is 0.255 e. The highest BCUT2D eigenvalue weighted by Gasteiger charge is 2.23. The van der Waals surface area contributed by atoms with Crippen LogP contribution in [-0.2, 0) is 19.5 Å². The van der Waals surface area contributed by atoms with Crippen molar-refractivity contribution in [2.24, 2.45) is 0 Å². The van der Waals surface area contributed by atoms with Crippen LogP contribution in [0.15, 0.2) is 29.1 Å². The van der Waals surface area contributed by atoms with Crippen molar-refractivity contribution in [1.82, 2.24) is 14.9 Å². The third kappa shape index (κ3) is 3.60. The van der Waals surface area contributed by atoms with E-state index >= 15 is 0 Å². The number of hydrogen-bond acceptors (Lipinski definition) is 5. The summed E-state index contributed by atoms with van der Waals surface area (Å²) in [6, 6.07) is 8.17. The first-order valence-corrected chi connectivity index (χ1v) is 9.45. The fourth-order valence-corrected chi connectivity index (χ4v) is 3.86. The summed E-state index contributed by atoms with van der Waals surface area (Å²) >= 11 is 0. The summed E-state index contributed by atoms with van der Waals surface area (Å²) in [5.41, 5.74) is 3.08. The van der Waals surface area contributed by atoms with E-state index in [-0.39, 0.29) is 5.56 Å². The van der Waals surface area contributed by atoms with Crippen LogP contribution < -0.4 is 15.2 Å². The Morgan fingerprint density at radius 3 is 2.62 bits per heavy atom. The summed E-state index contributed by atoms with van der Waals surface area (Å²) in [6.45, 7) is 4.44. The Labute approximate surface area is 153 Å². The third-order valence-corrected chi connectivity index (χ3v) is 5.36. The Balaban J connectivity index is 1.51. The number of aromatic amines is 1. The van der Waals surface area contributed by atoms with E-state index < -0.39 is 0 Å². The summed E-state index contributed by atoms with van der Waals surface area (Å²) in [6.07, 6.45) is 4.37. The van der Waals surface area contributed by atoms with Gasteiger partial charge in [-0.15, -0.1) is 0 Å². The third-order valence-electron chi connectivity index (χ3n) is 5.36. The number of benzene rings is 1. The maximum Gasteiger partial charge on any atom is 0.255 e. The average Bonchev–Trinajstić information content (AvgIpc) is 2.69. The molecule has 0 saturated carbocycles. The summed E-state index contributed by atoms with van der Waals surface area (Å²) in [4.78, 5) is 24.9. The van der Waals surface area contributed by atoms with Crippen LogP contribution in [0, 0.1) is 0 Å². The van der Waals surface area contributed by atoms with Crippen LogP contribution in [-0.4, -0.2) is 41.6 Å². The Kier molecular flexibility index (Phi) is 4.93. The summed E-state index contributed by atoms with van der Waals surface area (Å²) in [5, 5.41) is 0. The topological polar surface area (TPSA) is 61.5 Å². The molecule has 0 spiro atoms. The standard InChI is InChI=1S/C20H26N4O2/c1-26-16-7-5-15(6-8-16)13-23-12-9-17-18(14-23)21-20(22-19(17)25)24-10-3-2-4-11-24/h5-8H,2-4,9-14H2,1H3,(H,21,22,25). The van der Waals surface area contributed by atoms with Gasteiger partial charge in [0.1, 0.15) is 5.75 Å². The highest BCUT2D eigenvalue weighted by molar-refractivity contribution is 5.35. The number of H-pyrrole nitrogens is 1. The van der Waals surface area contributed by atoms with E-state index in [4.69, 9.17) is 9.72 Å². The summed E-state index contributed by atoms with van der Waals surface area (Å²) in [7, 11) is 1.68. The zero-order valence-corrected chi connectivity index (χ0v) is 15.3. The Morgan fingerprint density at radius 2 is 1.88 bits per heavy atom. The Hall–Kier alpha value is -2.34. The summed E-state index contributed by atoms with van der Waals surface area (Å²) < 4.78 is 5.22. The van der Waals surface area contributed by atoms with Gasteiger partial charge in [0.2, 0.25) is 5.95 Å². The molecule has 0 amide bonds. The highest BCUT2D eigenvalue weighted by atomic mass is 16.5. The van der Waals surface area contributed by atoms with E-state index in [2.05, 4.69) is 26.9 Å². The van der Waals surface area contributed by atoms with Crippen molar-refractivity contribution in [2.45, 2.75) is 38.8 Å². The van der Waals surface area contributed by atoms with Gasteiger partial charge in [0.15, 0.2) is 0 Å². The molecule has 0 radical (unpaired) electrons. The van der Waals surface area contributed by atoms with Gasteiger partial charge in [-0.25, -0.2) is 4.98 Å². The molecule has 2 aliphatic heterocycles. The molecule has 26 heavy (non-hydrogen) atoms. The molecule has 6 nitrogen and oxygen atoms in total. The zero-order chi connectivity index (χ0) is 17.9. The zero-order valence-electron chi connectivity index (χ0n) is 15.3. The Bertz CT molecular complexity index is 810. The number of piperidine rings is 1. The molecule has 138 valence electrons. The van der Waals surface area contributed by atoms with Crippen molar-refractivity contribution in [3.05, 3.63) is 51.4 Å². The second kappa shape index (κ2) is 7.50. The molecule has 2 aromatic rings. The first kappa shape index (κ1) is 17.1. The molecule has 1 aromatic carbocycles. The lowest BCUT2D eigenvalue weighted by atomic mass is 10.1. The predicted molar refractivity (Wildman–Crippen MR) is 102 cm³/mol. The minimum atomic E-state index is 0.0414. The number of fused-ring (bicyclic) bond motifs is 1. The highest BCUT2D eigenvalue weighted by Crippen LogP contribution is 2.21. The van der Waals surface area contributed by atoms with Crippen molar-refractivity contribution in [3.63, 3.8) is 0 Å². The molecular weight excluding hydrogens is 328 g/mol. The molecule has 1 aromatic heterocycles. The second-order valence-electron chi connectivity index (χ2n) is 7.17. The molecule has 6 heteroatoms. The minimum absolute atomic E-state index is 0.0414. The van der Waals surface area contributed by atoms with Crippen molar-refractivity contribution < 1.29 is 4.74 Å². The van der Waals surface area contributed by atoms with E-state index in [0.29, 0.717) is 0 Å². The van der Waals surface area contributed by atoms with Crippen molar-refractivity contribution in [2.75, 3.05) is 31.6 Å². The number of nitrogens with zero attached hydrogens (tertiary/aromatic N) is 3. The molecular formula is C20H26N4O2. The molecule has 3 heterocycles. The molecule has 1 N–H and O–H groups in total. The number of anilines is 1. The van der Waals surface area contributed by atoms with Crippen LogP contribution in [0.3, 0.4) is 0 Å². The predicted octanol–water partition coefficient (Wildman–Crippen LogP) is 2.33. The summed E-state index contributed by atoms with van der Waals surface area (Å²) in [5.74, 6) is 1.62. The fourth-order valence-electron chi connectivity index (χ4n) is 3.86. The molecule has 1 saturated heterocycles. The lowest BCUT2D eigenvalue weighted by molar-refractivity contribution is 0.240. The van der Waals surface area contributed by atoms with Crippen molar-refractivity contribution in [3.8, 4) is 5.75 Å². The van der Waals surface area contributed by atoms with Crippen LogP contribution in [0.25, 0.3) is 0 Å². The lowest BCUT2D eigenvalue weighted by Gasteiger charge is -2.30. The van der Waals surface area contributed by atoms with Gasteiger partial charge >= 0.3 is 0 Å². The van der Waals surface area contributed by atoms with Crippen LogP contribution in [0.4, 0.5) is 5.95 Å². The number of ether oxygens (including phenoxy) is 1. The van der Waals surface area contributed by atoms with Crippen molar-refractivity contribution >= 4 is 5.95 Å². The van der Waals surface area contributed by atoms with Crippen LogP contribution in [0.1, 0.15) is 36.1 Å². The van der Waals surface area contributed by atoms with Gasteiger partial charge < -0.3 is 9.64 Å². The lowest BCUT2D eigenvalue weighted by Crippen LogP contribution is -2.38. The number of methoxy groups -OCH3 is 1. The van der Waals surface area contributed by atoms with Gasteiger partial charge in [0.05, 0.1) is 12.8 Å². The largest absolute Gasteiger partial charge is 0.497 e. The van der Waals surface area contributed by atoms with Gasteiger partial charge in [-0.1, -0.05) is 12.1 Å². The Morgan fingerprint density at radius 1 is 1.12 bits per heavy atom. The van der Waals surface area contributed by atoms with Crippen LogP contribution in [0.5, 0.6) is 5.75 Å². The van der Waals surface area contributed by atoms with Gasteiger partial charge in [0.25, 0.3) is 5.56 Å². The van der Waals surface area contributed by atoms with E-state index in [1.165, 1.54) is 24.8 Å². The van der Waals surface area contributed by atoms with E-state index in [1.54, 1.807) is 7.11 Å². The molecule has 2 aliphatic rings. The van der Waals surface area contributed by atoms with Gasteiger partial charge in [0, 0.05) is 38.3 Å². The van der Waals surface area contributed by atoms with E-state index in [0.717, 1.165) is 62.1 Å². The fraction of sp³-hybridized carbons (Fsp3) is 0.500. The first-order valence-electron chi connectivity index (χ1n) is 9.45. The average molecular weight is 354 g/mol. The van der Waals surface area contributed by atoms with Crippen LogP contribution >= 0.6 is 0 Å². The SMILES string of the molecule is COc1ccc(CN2CCc3c(nc(N4CCCCC4)[nH]c3=O)C2)cc1. The molecule has 0 bridgehead atoms. The molecule has 1 fully saturated rings. The number of hydrogen-bond donors (Lipinski definition) is 1. The molecule has 0 atom stereocenters.